The highest BCUT2D eigenvalue weighted by atomic mass is 35.5. The Morgan fingerprint density at radius 3 is 2.59 bits per heavy atom. The average Bonchev–Trinajstić information content (AvgIpc) is 3.13. The first-order valence-corrected chi connectivity index (χ1v) is 9.78. The van der Waals surface area contributed by atoms with E-state index in [2.05, 4.69) is 24.5 Å². The Morgan fingerprint density at radius 1 is 1.07 bits per heavy atom. The molecule has 4 nitrogen and oxygen atoms in total. The van der Waals surface area contributed by atoms with Crippen LogP contribution in [0.2, 0.25) is 5.02 Å². The Bertz CT molecular complexity index is 1100. The number of anilines is 1. The van der Waals surface area contributed by atoms with Crippen LogP contribution in [0.4, 0.5) is 10.5 Å². The van der Waals surface area contributed by atoms with E-state index in [0.717, 1.165) is 28.2 Å². The quantitative estimate of drug-likeness (QED) is 0.501. The van der Waals surface area contributed by atoms with E-state index in [-0.39, 0.29) is 11.1 Å². The third kappa shape index (κ3) is 3.17. The van der Waals surface area contributed by atoms with Crippen molar-refractivity contribution in [2.75, 3.05) is 4.90 Å². The summed E-state index contributed by atoms with van der Waals surface area (Å²) >= 11 is 6.96. The van der Waals surface area contributed by atoms with Gasteiger partial charge in [0.1, 0.15) is 0 Å². The van der Waals surface area contributed by atoms with Crippen LogP contribution in [0.5, 0.6) is 0 Å². The molecule has 136 valence electrons. The number of hydrogen-bond donors (Lipinski definition) is 0. The number of halogens is 1. The van der Waals surface area contributed by atoms with Crippen molar-refractivity contribution < 1.29 is 9.59 Å². The lowest BCUT2D eigenvalue weighted by molar-refractivity contribution is -0.113. The standard InChI is InChI=1S/C21H17ClN2O2S/c1-13(2)23-12-14(17-8-3-4-9-18(17)23)10-19-20(25)24(21(26)27-19)16-7-5-6-15(22)11-16/h3-13H,1-2H3/b19-10+. The molecule has 1 aliphatic rings. The second-order valence-electron chi connectivity index (χ2n) is 6.60. The summed E-state index contributed by atoms with van der Waals surface area (Å²) in [4.78, 5) is 26.9. The maximum absolute atomic E-state index is 12.9. The fourth-order valence-electron chi connectivity index (χ4n) is 3.22. The summed E-state index contributed by atoms with van der Waals surface area (Å²) in [5, 5.41) is 1.22. The molecule has 0 spiro atoms. The van der Waals surface area contributed by atoms with Crippen molar-refractivity contribution in [3.05, 3.63) is 70.2 Å². The normalized spacial score (nSPS) is 16.3. The predicted molar refractivity (Wildman–Crippen MR) is 112 cm³/mol. The number of aromatic nitrogens is 1. The number of fused-ring (bicyclic) bond motifs is 1. The molecule has 0 unspecified atom stereocenters. The fraction of sp³-hybridized carbons (Fsp3) is 0.143. The summed E-state index contributed by atoms with van der Waals surface area (Å²) in [6.45, 7) is 4.23. The van der Waals surface area contributed by atoms with Crippen molar-refractivity contribution in [3.8, 4) is 0 Å². The lowest BCUT2D eigenvalue weighted by atomic mass is 10.1. The van der Waals surface area contributed by atoms with Crippen LogP contribution < -0.4 is 4.90 Å². The Labute approximate surface area is 166 Å². The summed E-state index contributed by atoms with van der Waals surface area (Å²) in [7, 11) is 0. The zero-order valence-corrected chi connectivity index (χ0v) is 16.4. The van der Waals surface area contributed by atoms with E-state index in [1.165, 1.54) is 4.90 Å². The molecule has 0 saturated carbocycles. The predicted octanol–water partition coefficient (Wildman–Crippen LogP) is 6.12. The van der Waals surface area contributed by atoms with Crippen molar-refractivity contribution in [3.63, 3.8) is 0 Å². The van der Waals surface area contributed by atoms with E-state index in [1.54, 1.807) is 30.3 Å². The smallest absolute Gasteiger partial charge is 0.298 e. The molecule has 2 amide bonds. The number of thioether (sulfide) groups is 1. The van der Waals surface area contributed by atoms with Gasteiger partial charge in [-0.25, -0.2) is 4.90 Å². The molecule has 2 aromatic carbocycles. The van der Waals surface area contributed by atoms with Gasteiger partial charge in [-0.3, -0.25) is 9.59 Å². The fourth-order valence-corrected chi connectivity index (χ4v) is 4.24. The minimum atomic E-state index is -0.325. The summed E-state index contributed by atoms with van der Waals surface area (Å²) in [5.41, 5.74) is 2.52. The molecular weight excluding hydrogens is 380 g/mol. The van der Waals surface area contributed by atoms with Crippen molar-refractivity contribution in [2.45, 2.75) is 19.9 Å². The number of para-hydroxylation sites is 1. The number of rotatable bonds is 3. The highest BCUT2D eigenvalue weighted by Gasteiger charge is 2.36. The van der Waals surface area contributed by atoms with Gasteiger partial charge in [0.15, 0.2) is 0 Å². The number of carbonyl (C=O) groups excluding carboxylic acids is 2. The van der Waals surface area contributed by atoms with Gasteiger partial charge in [-0.05, 0) is 56.0 Å². The first-order valence-electron chi connectivity index (χ1n) is 8.59. The minimum Gasteiger partial charge on any atom is -0.344 e. The number of carbonyl (C=O) groups is 2. The Hall–Kier alpha value is -2.50. The van der Waals surface area contributed by atoms with E-state index in [0.29, 0.717) is 21.7 Å². The van der Waals surface area contributed by atoms with Gasteiger partial charge in [-0.15, -0.1) is 0 Å². The van der Waals surface area contributed by atoms with Crippen molar-refractivity contribution in [1.82, 2.24) is 4.57 Å². The van der Waals surface area contributed by atoms with Gasteiger partial charge >= 0.3 is 0 Å². The number of imide groups is 1. The summed E-state index contributed by atoms with van der Waals surface area (Å²) in [6, 6.07) is 15.1. The average molecular weight is 397 g/mol. The second kappa shape index (κ2) is 6.91. The minimum absolute atomic E-state index is 0.290. The monoisotopic (exact) mass is 396 g/mol. The van der Waals surface area contributed by atoms with Crippen molar-refractivity contribution in [1.29, 1.82) is 0 Å². The highest BCUT2D eigenvalue weighted by molar-refractivity contribution is 8.19. The molecule has 4 rings (SSSR count). The van der Waals surface area contributed by atoms with Crippen molar-refractivity contribution in [2.24, 2.45) is 0 Å². The van der Waals surface area contributed by atoms with Crippen LogP contribution in [0.3, 0.4) is 0 Å². The lowest BCUT2D eigenvalue weighted by Gasteiger charge is -2.12. The van der Waals surface area contributed by atoms with E-state index >= 15 is 0 Å². The molecule has 27 heavy (non-hydrogen) atoms. The summed E-state index contributed by atoms with van der Waals surface area (Å²) < 4.78 is 2.17. The Kier molecular flexibility index (Phi) is 4.58. The Balaban J connectivity index is 1.77. The first-order chi connectivity index (χ1) is 13.0. The van der Waals surface area contributed by atoms with Crippen LogP contribution >= 0.6 is 23.4 Å². The zero-order valence-electron chi connectivity index (χ0n) is 14.8. The molecule has 1 aromatic heterocycles. The van der Waals surface area contributed by atoms with Gasteiger partial charge in [0, 0.05) is 33.7 Å². The summed E-state index contributed by atoms with van der Waals surface area (Å²) in [5.74, 6) is -0.325. The SMILES string of the molecule is CC(C)n1cc(/C=C2/SC(=O)N(c3cccc(Cl)c3)C2=O)c2ccccc21. The topological polar surface area (TPSA) is 42.3 Å². The molecule has 6 heteroatoms. The maximum Gasteiger partial charge on any atom is 0.298 e. The lowest BCUT2D eigenvalue weighted by Crippen LogP contribution is -2.27. The van der Waals surface area contributed by atoms with Crippen LogP contribution in [0.25, 0.3) is 17.0 Å². The molecule has 0 atom stereocenters. The van der Waals surface area contributed by atoms with Gasteiger partial charge in [0.05, 0.1) is 10.6 Å². The molecule has 0 N–H and O–H groups in total. The molecule has 1 aliphatic heterocycles. The zero-order chi connectivity index (χ0) is 19.1. The van der Waals surface area contributed by atoms with Crippen LogP contribution in [0.15, 0.2) is 59.6 Å². The van der Waals surface area contributed by atoms with Gasteiger partial charge in [0.2, 0.25) is 0 Å². The molecular formula is C21H17ClN2O2S. The molecule has 0 bridgehead atoms. The van der Waals surface area contributed by atoms with E-state index in [1.807, 2.05) is 24.4 Å². The number of benzene rings is 2. The first kappa shape index (κ1) is 17.9. The van der Waals surface area contributed by atoms with E-state index < -0.39 is 0 Å². The van der Waals surface area contributed by atoms with Crippen LogP contribution in [-0.4, -0.2) is 15.7 Å². The maximum atomic E-state index is 12.9. The van der Waals surface area contributed by atoms with Gasteiger partial charge in [-0.2, -0.15) is 0 Å². The third-order valence-corrected chi connectivity index (χ3v) is 5.58. The summed E-state index contributed by atoms with van der Waals surface area (Å²) in [6.07, 6.45) is 3.83. The molecule has 0 aliphatic carbocycles. The molecule has 3 aromatic rings. The Morgan fingerprint density at radius 2 is 1.85 bits per heavy atom. The van der Waals surface area contributed by atoms with Crippen LogP contribution in [0.1, 0.15) is 25.5 Å². The molecule has 1 fully saturated rings. The van der Waals surface area contributed by atoms with Gasteiger partial charge < -0.3 is 4.57 Å². The van der Waals surface area contributed by atoms with Gasteiger partial charge in [-0.1, -0.05) is 35.9 Å². The van der Waals surface area contributed by atoms with E-state index in [4.69, 9.17) is 11.6 Å². The molecule has 1 saturated heterocycles. The van der Waals surface area contributed by atoms with Gasteiger partial charge in [0.25, 0.3) is 11.1 Å². The van der Waals surface area contributed by atoms with E-state index in [9.17, 15) is 9.59 Å². The number of amides is 2. The van der Waals surface area contributed by atoms with Crippen LogP contribution in [-0.2, 0) is 4.79 Å². The third-order valence-electron chi connectivity index (χ3n) is 4.47. The molecule has 2 heterocycles. The van der Waals surface area contributed by atoms with Crippen molar-refractivity contribution >= 4 is 57.2 Å². The molecule has 0 radical (unpaired) electrons. The second-order valence-corrected chi connectivity index (χ2v) is 8.03. The number of hydrogen-bond acceptors (Lipinski definition) is 3. The largest absolute Gasteiger partial charge is 0.344 e. The van der Waals surface area contributed by atoms with Crippen LogP contribution in [0, 0.1) is 0 Å². The highest BCUT2D eigenvalue weighted by Crippen LogP contribution is 2.37. The number of nitrogens with zero attached hydrogens (tertiary/aromatic N) is 2.